The van der Waals surface area contributed by atoms with Gasteiger partial charge in [0.2, 0.25) is 0 Å². The number of nitrogens with one attached hydrogen (secondary N) is 3. The zero-order valence-corrected chi connectivity index (χ0v) is 14.7. The monoisotopic (exact) mass is 377 g/mol. The van der Waals surface area contributed by atoms with Gasteiger partial charge in [0.05, 0.1) is 18.4 Å². The summed E-state index contributed by atoms with van der Waals surface area (Å²) in [5.74, 6) is 0. The summed E-state index contributed by atoms with van der Waals surface area (Å²) in [5, 5.41) is 12.3. The summed E-state index contributed by atoms with van der Waals surface area (Å²) < 4.78 is 5.47. The summed E-state index contributed by atoms with van der Waals surface area (Å²) in [6, 6.07) is 0.174. The Kier molecular flexibility index (Phi) is 6.70. The lowest BCUT2D eigenvalue weighted by molar-refractivity contribution is 0.103. The standard InChI is InChI=1S/C14H20ClN5O3.ClH/c15-12-11(7-17-19-13(12)21)20-6-3-10(8-20)23-14(22)18-9-1-4-16-5-2-9;/h7,9-10,16H,1-6,8H2,(H,18,22)(H,19,21);1H/t10-;/m1./s1. The minimum absolute atomic E-state index is 0. The molecule has 24 heavy (non-hydrogen) atoms. The highest BCUT2D eigenvalue weighted by Gasteiger charge is 2.28. The van der Waals surface area contributed by atoms with Crippen LogP contribution in [0.4, 0.5) is 10.5 Å². The van der Waals surface area contributed by atoms with Gasteiger partial charge in [0.25, 0.3) is 5.56 Å². The third-order valence-electron chi connectivity index (χ3n) is 4.20. The van der Waals surface area contributed by atoms with Crippen molar-refractivity contribution in [3.05, 3.63) is 21.6 Å². The molecule has 3 heterocycles. The Hall–Kier alpha value is -1.51. The van der Waals surface area contributed by atoms with E-state index in [1.54, 1.807) is 0 Å². The highest BCUT2D eigenvalue weighted by Crippen LogP contribution is 2.25. The molecule has 0 spiro atoms. The number of nitrogens with zero attached hydrogens (tertiary/aromatic N) is 2. The molecular formula is C14H21Cl2N5O3. The fraction of sp³-hybridized carbons (Fsp3) is 0.643. The van der Waals surface area contributed by atoms with Gasteiger partial charge in [-0.3, -0.25) is 4.79 Å². The highest BCUT2D eigenvalue weighted by atomic mass is 35.5. The summed E-state index contributed by atoms with van der Waals surface area (Å²) in [6.07, 6.45) is 3.45. The number of halogens is 2. The quantitative estimate of drug-likeness (QED) is 0.723. The predicted molar refractivity (Wildman–Crippen MR) is 93.2 cm³/mol. The van der Waals surface area contributed by atoms with Crippen molar-refractivity contribution in [1.82, 2.24) is 20.8 Å². The molecule has 0 aromatic carbocycles. The second kappa shape index (κ2) is 8.55. The van der Waals surface area contributed by atoms with Gasteiger partial charge >= 0.3 is 6.09 Å². The first-order valence-electron chi connectivity index (χ1n) is 7.79. The van der Waals surface area contributed by atoms with Gasteiger partial charge in [-0.15, -0.1) is 12.4 Å². The summed E-state index contributed by atoms with van der Waals surface area (Å²) >= 11 is 6.00. The molecule has 0 radical (unpaired) electrons. The molecule has 2 fully saturated rings. The van der Waals surface area contributed by atoms with Crippen LogP contribution in [-0.4, -0.2) is 54.6 Å². The average Bonchev–Trinajstić information content (AvgIpc) is 2.99. The molecule has 1 aromatic heterocycles. The van der Waals surface area contributed by atoms with Crippen molar-refractivity contribution in [1.29, 1.82) is 0 Å². The number of carbonyl (C=O) groups is 1. The van der Waals surface area contributed by atoms with E-state index in [2.05, 4.69) is 20.8 Å². The number of amides is 1. The summed E-state index contributed by atoms with van der Waals surface area (Å²) in [6.45, 7) is 2.99. The third kappa shape index (κ3) is 4.52. The van der Waals surface area contributed by atoms with Crippen LogP contribution in [0.1, 0.15) is 19.3 Å². The first-order chi connectivity index (χ1) is 11.1. The van der Waals surface area contributed by atoms with Crippen LogP contribution in [0.2, 0.25) is 5.02 Å². The minimum Gasteiger partial charge on any atom is -0.444 e. The number of aromatic amines is 1. The van der Waals surface area contributed by atoms with Gasteiger partial charge in [0.1, 0.15) is 11.1 Å². The molecule has 2 saturated heterocycles. The van der Waals surface area contributed by atoms with E-state index in [-0.39, 0.29) is 35.7 Å². The average molecular weight is 378 g/mol. The first kappa shape index (κ1) is 18.8. The number of hydrogen-bond acceptors (Lipinski definition) is 6. The number of carbonyl (C=O) groups excluding carboxylic acids is 1. The largest absolute Gasteiger partial charge is 0.444 e. The van der Waals surface area contributed by atoms with Crippen molar-refractivity contribution in [2.45, 2.75) is 31.4 Å². The molecular weight excluding hydrogens is 357 g/mol. The topological polar surface area (TPSA) is 99.3 Å². The second-order valence-corrected chi connectivity index (χ2v) is 6.21. The number of aromatic nitrogens is 2. The van der Waals surface area contributed by atoms with E-state index in [0.29, 0.717) is 25.2 Å². The fourth-order valence-corrected chi connectivity index (χ4v) is 3.17. The van der Waals surface area contributed by atoms with Crippen LogP contribution in [0.5, 0.6) is 0 Å². The zero-order chi connectivity index (χ0) is 16.2. The smallest absolute Gasteiger partial charge is 0.407 e. The fourth-order valence-electron chi connectivity index (χ4n) is 2.96. The van der Waals surface area contributed by atoms with Crippen LogP contribution in [0.25, 0.3) is 0 Å². The van der Waals surface area contributed by atoms with Crippen molar-refractivity contribution in [3.63, 3.8) is 0 Å². The molecule has 0 aliphatic carbocycles. The number of rotatable bonds is 3. The molecule has 2 aliphatic heterocycles. The molecule has 3 N–H and O–H groups in total. The van der Waals surface area contributed by atoms with Gasteiger partial charge < -0.3 is 20.3 Å². The van der Waals surface area contributed by atoms with Crippen molar-refractivity contribution in [2.24, 2.45) is 0 Å². The molecule has 1 atom stereocenters. The molecule has 1 amide bonds. The molecule has 0 bridgehead atoms. The number of hydrogen-bond donors (Lipinski definition) is 3. The van der Waals surface area contributed by atoms with Crippen LogP contribution < -0.4 is 21.1 Å². The van der Waals surface area contributed by atoms with Gasteiger partial charge in [-0.2, -0.15) is 5.10 Å². The van der Waals surface area contributed by atoms with E-state index in [4.69, 9.17) is 16.3 Å². The maximum atomic E-state index is 12.0. The predicted octanol–water partition coefficient (Wildman–Crippen LogP) is 0.902. The van der Waals surface area contributed by atoms with E-state index in [9.17, 15) is 9.59 Å². The summed E-state index contributed by atoms with van der Waals surface area (Å²) in [7, 11) is 0. The van der Waals surface area contributed by atoms with E-state index >= 15 is 0 Å². The lowest BCUT2D eigenvalue weighted by Gasteiger charge is -2.24. The van der Waals surface area contributed by atoms with Gasteiger partial charge in [0.15, 0.2) is 0 Å². The number of ether oxygens (including phenoxy) is 1. The maximum absolute atomic E-state index is 12.0. The van der Waals surface area contributed by atoms with Crippen molar-refractivity contribution >= 4 is 35.8 Å². The lowest BCUT2D eigenvalue weighted by Crippen LogP contribution is -2.44. The number of piperidine rings is 1. The second-order valence-electron chi connectivity index (χ2n) is 5.83. The van der Waals surface area contributed by atoms with Gasteiger partial charge in [-0.05, 0) is 25.9 Å². The van der Waals surface area contributed by atoms with Crippen molar-refractivity contribution < 1.29 is 9.53 Å². The molecule has 10 heteroatoms. The van der Waals surface area contributed by atoms with E-state index in [0.717, 1.165) is 25.9 Å². The first-order valence-corrected chi connectivity index (χ1v) is 8.17. The Morgan fingerprint density at radius 3 is 2.88 bits per heavy atom. The van der Waals surface area contributed by atoms with Crippen LogP contribution >= 0.6 is 24.0 Å². The van der Waals surface area contributed by atoms with Gasteiger partial charge in [0, 0.05) is 19.0 Å². The van der Waals surface area contributed by atoms with Crippen molar-refractivity contribution in [3.8, 4) is 0 Å². The normalized spacial score (nSPS) is 21.2. The number of alkyl carbamates (subject to hydrolysis) is 1. The summed E-state index contributed by atoms with van der Waals surface area (Å²) in [4.78, 5) is 25.4. The maximum Gasteiger partial charge on any atom is 0.407 e. The number of anilines is 1. The molecule has 134 valence electrons. The summed E-state index contributed by atoms with van der Waals surface area (Å²) in [5.41, 5.74) is 0.150. The third-order valence-corrected chi connectivity index (χ3v) is 4.56. The Balaban J connectivity index is 0.00000208. The van der Waals surface area contributed by atoms with Crippen LogP contribution in [0.15, 0.2) is 11.0 Å². The molecule has 2 aliphatic rings. The van der Waals surface area contributed by atoms with Crippen LogP contribution in [-0.2, 0) is 4.74 Å². The molecule has 3 rings (SSSR count). The molecule has 8 nitrogen and oxygen atoms in total. The molecule has 1 aromatic rings. The highest BCUT2D eigenvalue weighted by molar-refractivity contribution is 6.33. The molecule has 0 saturated carbocycles. The van der Waals surface area contributed by atoms with Gasteiger partial charge in [-0.1, -0.05) is 11.6 Å². The van der Waals surface area contributed by atoms with Crippen molar-refractivity contribution in [2.75, 3.05) is 31.1 Å². The lowest BCUT2D eigenvalue weighted by atomic mass is 10.1. The van der Waals surface area contributed by atoms with Crippen LogP contribution in [0.3, 0.4) is 0 Å². The van der Waals surface area contributed by atoms with E-state index in [1.165, 1.54) is 6.20 Å². The molecule has 0 unspecified atom stereocenters. The SMILES string of the molecule is Cl.O=C(NC1CCNCC1)O[C@@H]1CCN(c2cn[nH]c(=O)c2Cl)C1. The minimum atomic E-state index is -0.419. The Morgan fingerprint density at radius 1 is 1.38 bits per heavy atom. The van der Waals surface area contributed by atoms with Crippen LogP contribution in [0, 0.1) is 0 Å². The Labute approximate surface area is 150 Å². The van der Waals surface area contributed by atoms with E-state index < -0.39 is 5.56 Å². The number of H-pyrrole nitrogens is 1. The zero-order valence-electron chi connectivity index (χ0n) is 13.1. The Morgan fingerprint density at radius 2 is 2.12 bits per heavy atom. The Bertz CT molecular complexity index is 621. The van der Waals surface area contributed by atoms with Gasteiger partial charge in [-0.25, -0.2) is 9.89 Å². The van der Waals surface area contributed by atoms with E-state index in [1.807, 2.05) is 4.90 Å².